The SMILES string of the molecule is BOc1cc(CC=C)cc(-c2cc(CC=C)ccc2OB)c1. The number of allylic oxidation sites excluding steroid dienone is 2. The third-order valence-electron chi connectivity index (χ3n) is 3.54. The lowest BCUT2D eigenvalue weighted by Crippen LogP contribution is -1.94. The third kappa shape index (κ3) is 3.64. The first-order valence-electron chi connectivity index (χ1n) is 7.28. The highest BCUT2D eigenvalue weighted by Crippen LogP contribution is 2.34. The molecule has 0 N–H and O–H groups in total. The molecule has 0 aromatic heterocycles. The van der Waals surface area contributed by atoms with Crippen LogP contribution in [0.25, 0.3) is 11.1 Å². The monoisotopic (exact) mass is 290 g/mol. The summed E-state index contributed by atoms with van der Waals surface area (Å²) in [6.45, 7) is 7.61. The quantitative estimate of drug-likeness (QED) is 0.576. The van der Waals surface area contributed by atoms with Crippen molar-refractivity contribution >= 4 is 16.1 Å². The van der Waals surface area contributed by atoms with Crippen molar-refractivity contribution < 1.29 is 9.31 Å². The molecule has 0 fully saturated rings. The fourth-order valence-corrected chi connectivity index (χ4v) is 2.49. The summed E-state index contributed by atoms with van der Waals surface area (Å²) in [5, 5.41) is 0. The number of hydrogen-bond acceptors (Lipinski definition) is 2. The van der Waals surface area contributed by atoms with Gasteiger partial charge in [0.2, 0.25) is 0 Å². The van der Waals surface area contributed by atoms with Crippen LogP contribution in [0.5, 0.6) is 11.5 Å². The molecule has 0 aliphatic heterocycles. The van der Waals surface area contributed by atoms with Crippen molar-refractivity contribution in [2.75, 3.05) is 0 Å². The zero-order valence-electron chi connectivity index (χ0n) is 13.3. The number of benzene rings is 2. The molecule has 0 atom stereocenters. The van der Waals surface area contributed by atoms with Crippen molar-refractivity contribution in [3.63, 3.8) is 0 Å². The van der Waals surface area contributed by atoms with Crippen LogP contribution in [0.1, 0.15) is 11.1 Å². The van der Waals surface area contributed by atoms with E-state index in [1.807, 2.05) is 30.4 Å². The maximum Gasteiger partial charge on any atom is 0.322 e. The molecular formula is C18H20B2O2. The van der Waals surface area contributed by atoms with E-state index in [0.29, 0.717) is 0 Å². The van der Waals surface area contributed by atoms with Crippen LogP contribution in [0.4, 0.5) is 0 Å². The van der Waals surface area contributed by atoms with Gasteiger partial charge in [0.25, 0.3) is 0 Å². The van der Waals surface area contributed by atoms with Gasteiger partial charge in [0.05, 0.1) is 5.75 Å². The Hall–Kier alpha value is -2.35. The molecule has 0 unspecified atom stereocenters. The van der Waals surface area contributed by atoms with Gasteiger partial charge in [-0.25, -0.2) is 0 Å². The van der Waals surface area contributed by atoms with E-state index in [2.05, 4.69) is 31.4 Å². The fraction of sp³-hybridized carbons (Fsp3) is 0.111. The molecule has 22 heavy (non-hydrogen) atoms. The van der Waals surface area contributed by atoms with Crippen LogP contribution in [0, 0.1) is 0 Å². The van der Waals surface area contributed by atoms with Crippen molar-refractivity contribution in [2.24, 2.45) is 0 Å². The molecular weight excluding hydrogens is 270 g/mol. The van der Waals surface area contributed by atoms with Gasteiger partial charge in [-0.15, -0.1) is 13.2 Å². The molecule has 0 saturated heterocycles. The first-order valence-corrected chi connectivity index (χ1v) is 7.28. The predicted molar refractivity (Wildman–Crippen MR) is 98.0 cm³/mol. The van der Waals surface area contributed by atoms with E-state index in [4.69, 9.17) is 9.31 Å². The second-order valence-electron chi connectivity index (χ2n) is 5.09. The topological polar surface area (TPSA) is 18.5 Å². The van der Waals surface area contributed by atoms with Gasteiger partial charge in [0, 0.05) is 5.56 Å². The zero-order valence-corrected chi connectivity index (χ0v) is 13.3. The molecule has 0 saturated carbocycles. The molecule has 2 aromatic rings. The smallest absolute Gasteiger partial charge is 0.322 e. The molecule has 110 valence electrons. The standard InChI is InChI=1S/C18H20B2O2/c1-3-5-13-7-8-18(22-20)17(11-13)15-9-14(6-4-2)10-16(12-15)21-19/h3-4,7-12H,1-2,5-6,19-20H2. The summed E-state index contributed by atoms with van der Waals surface area (Å²) in [4.78, 5) is 0. The van der Waals surface area contributed by atoms with Crippen LogP contribution in [0.15, 0.2) is 61.7 Å². The first-order chi connectivity index (χ1) is 10.7. The Morgan fingerprint density at radius 1 is 0.864 bits per heavy atom. The van der Waals surface area contributed by atoms with Gasteiger partial charge < -0.3 is 9.31 Å². The molecule has 2 aromatic carbocycles. The molecule has 0 bridgehead atoms. The summed E-state index contributed by atoms with van der Waals surface area (Å²) in [7, 11) is 3.37. The summed E-state index contributed by atoms with van der Waals surface area (Å²) in [6.07, 6.45) is 5.43. The van der Waals surface area contributed by atoms with E-state index >= 15 is 0 Å². The van der Waals surface area contributed by atoms with Crippen LogP contribution in [-0.4, -0.2) is 16.1 Å². The van der Waals surface area contributed by atoms with E-state index in [1.165, 1.54) is 11.1 Å². The zero-order chi connectivity index (χ0) is 15.9. The molecule has 0 heterocycles. The molecule has 0 aliphatic carbocycles. The van der Waals surface area contributed by atoms with Crippen molar-refractivity contribution in [3.8, 4) is 22.6 Å². The first kappa shape index (κ1) is 16.0. The lowest BCUT2D eigenvalue weighted by molar-refractivity contribution is 0.613. The van der Waals surface area contributed by atoms with Crippen LogP contribution in [-0.2, 0) is 12.8 Å². The minimum Gasteiger partial charge on any atom is -0.568 e. The van der Waals surface area contributed by atoms with Crippen molar-refractivity contribution in [1.82, 2.24) is 0 Å². The largest absolute Gasteiger partial charge is 0.568 e. The van der Waals surface area contributed by atoms with E-state index in [9.17, 15) is 0 Å². The van der Waals surface area contributed by atoms with Crippen molar-refractivity contribution in [3.05, 3.63) is 72.8 Å². The Bertz CT molecular complexity index is 681. The molecule has 0 amide bonds. The second-order valence-corrected chi connectivity index (χ2v) is 5.09. The highest BCUT2D eigenvalue weighted by Gasteiger charge is 2.09. The van der Waals surface area contributed by atoms with Gasteiger partial charge in [0.1, 0.15) is 5.75 Å². The Kier molecular flexibility index (Phi) is 5.54. The highest BCUT2D eigenvalue weighted by atomic mass is 16.4. The summed E-state index contributed by atoms with van der Waals surface area (Å²) >= 11 is 0. The normalized spacial score (nSPS) is 10.0. The van der Waals surface area contributed by atoms with Gasteiger partial charge in [-0.05, 0) is 53.8 Å². The van der Waals surface area contributed by atoms with Gasteiger partial charge in [-0.1, -0.05) is 24.3 Å². The van der Waals surface area contributed by atoms with E-state index in [1.54, 1.807) is 16.1 Å². The number of hydrogen-bond donors (Lipinski definition) is 0. The summed E-state index contributed by atoms with van der Waals surface area (Å²) < 4.78 is 10.9. The van der Waals surface area contributed by atoms with Crippen LogP contribution >= 0.6 is 0 Å². The minimum absolute atomic E-state index is 0.804. The van der Waals surface area contributed by atoms with Gasteiger partial charge in [-0.3, -0.25) is 0 Å². The lowest BCUT2D eigenvalue weighted by Gasteiger charge is -2.14. The fourth-order valence-electron chi connectivity index (χ4n) is 2.49. The maximum absolute atomic E-state index is 5.52. The maximum atomic E-state index is 5.52. The number of rotatable bonds is 7. The molecule has 0 radical (unpaired) electrons. The molecule has 0 aliphatic rings. The Morgan fingerprint density at radius 2 is 1.59 bits per heavy atom. The van der Waals surface area contributed by atoms with E-state index in [-0.39, 0.29) is 0 Å². The van der Waals surface area contributed by atoms with Crippen LogP contribution < -0.4 is 9.31 Å². The Balaban J connectivity index is 2.57. The Labute approximate surface area is 134 Å². The summed E-state index contributed by atoms with van der Waals surface area (Å²) in [6, 6.07) is 12.4. The van der Waals surface area contributed by atoms with Crippen LogP contribution in [0.3, 0.4) is 0 Å². The van der Waals surface area contributed by atoms with E-state index < -0.39 is 0 Å². The molecule has 2 nitrogen and oxygen atoms in total. The highest BCUT2D eigenvalue weighted by molar-refractivity contribution is 6.01. The van der Waals surface area contributed by atoms with Gasteiger partial charge >= 0.3 is 16.1 Å². The summed E-state index contributed by atoms with van der Waals surface area (Å²) in [5.41, 5.74) is 4.52. The van der Waals surface area contributed by atoms with Crippen molar-refractivity contribution in [2.45, 2.75) is 12.8 Å². The lowest BCUT2D eigenvalue weighted by atomic mass is 9.97. The van der Waals surface area contributed by atoms with Crippen molar-refractivity contribution in [1.29, 1.82) is 0 Å². The average molecular weight is 290 g/mol. The van der Waals surface area contributed by atoms with Gasteiger partial charge in [-0.2, -0.15) is 0 Å². The average Bonchev–Trinajstić information content (AvgIpc) is 2.55. The predicted octanol–water partition coefficient (Wildman–Crippen LogP) is 2.66. The second kappa shape index (κ2) is 7.60. The molecule has 4 heteroatoms. The minimum atomic E-state index is 0.804. The molecule has 2 rings (SSSR count). The Morgan fingerprint density at radius 3 is 2.23 bits per heavy atom. The molecule has 0 spiro atoms. The third-order valence-corrected chi connectivity index (χ3v) is 3.54. The van der Waals surface area contributed by atoms with E-state index in [0.717, 1.165) is 35.5 Å². The van der Waals surface area contributed by atoms with Crippen LogP contribution in [0.2, 0.25) is 0 Å². The van der Waals surface area contributed by atoms with Gasteiger partial charge in [0.15, 0.2) is 0 Å². The summed E-state index contributed by atoms with van der Waals surface area (Å²) in [5.74, 6) is 1.69.